The van der Waals surface area contributed by atoms with Gasteiger partial charge in [0.2, 0.25) is 10.0 Å². The molecule has 7 heteroatoms. The minimum Gasteiger partial charge on any atom is -0.497 e. The van der Waals surface area contributed by atoms with Crippen molar-refractivity contribution in [3.05, 3.63) is 78.4 Å². The topological polar surface area (TPSA) is 84.5 Å². The number of benzene rings is 3. The molecule has 1 amide bonds. The zero-order valence-corrected chi connectivity index (χ0v) is 21.3. The Hall–Kier alpha value is -3.16. The molecule has 0 bridgehead atoms. The smallest absolute Gasteiger partial charge is 0.255 e. The Labute approximate surface area is 202 Å². The van der Waals surface area contributed by atoms with Crippen LogP contribution in [0, 0.1) is 5.41 Å². The second-order valence-electron chi connectivity index (χ2n) is 9.74. The highest BCUT2D eigenvalue weighted by atomic mass is 32.2. The molecule has 6 nitrogen and oxygen atoms in total. The Morgan fingerprint density at radius 3 is 2.12 bits per heavy atom. The number of carbonyl (C=O) groups excluding carboxylic acids is 1. The van der Waals surface area contributed by atoms with Crippen LogP contribution in [0.3, 0.4) is 0 Å². The van der Waals surface area contributed by atoms with Gasteiger partial charge < -0.3 is 10.1 Å². The summed E-state index contributed by atoms with van der Waals surface area (Å²) in [6.07, 6.45) is 0. The predicted molar refractivity (Wildman–Crippen MR) is 137 cm³/mol. The number of ether oxygens (including phenoxy) is 1. The largest absolute Gasteiger partial charge is 0.497 e. The molecule has 2 N–H and O–H groups in total. The van der Waals surface area contributed by atoms with E-state index in [2.05, 4.69) is 10.0 Å². The average Bonchev–Trinajstić information content (AvgIpc) is 2.78. The first-order valence-corrected chi connectivity index (χ1v) is 12.5. The Kier molecular flexibility index (Phi) is 7.19. The van der Waals surface area contributed by atoms with Crippen molar-refractivity contribution in [3.63, 3.8) is 0 Å². The van der Waals surface area contributed by atoms with Crippen LogP contribution < -0.4 is 14.8 Å². The van der Waals surface area contributed by atoms with Crippen molar-refractivity contribution in [1.29, 1.82) is 0 Å². The Morgan fingerprint density at radius 1 is 0.853 bits per heavy atom. The van der Waals surface area contributed by atoms with E-state index < -0.39 is 15.6 Å². The van der Waals surface area contributed by atoms with Crippen molar-refractivity contribution in [2.75, 3.05) is 12.4 Å². The minimum atomic E-state index is -3.83. The first-order chi connectivity index (χ1) is 15.8. The lowest BCUT2D eigenvalue weighted by Gasteiger charge is -2.39. The molecule has 180 valence electrons. The maximum Gasteiger partial charge on any atom is 0.255 e. The second-order valence-corrected chi connectivity index (χ2v) is 11.4. The van der Waals surface area contributed by atoms with Gasteiger partial charge in [-0.3, -0.25) is 4.79 Å². The van der Waals surface area contributed by atoms with Gasteiger partial charge in [0.05, 0.1) is 12.0 Å². The lowest BCUT2D eigenvalue weighted by molar-refractivity contribution is 0.102. The highest BCUT2D eigenvalue weighted by Gasteiger charge is 2.37. The molecule has 0 aromatic heterocycles. The van der Waals surface area contributed by atoms with Gasteiger partial charge in [-0.15, -0.1) is 0 Å². The van der Waals surface area contributed by atoms with Gasteiger partial charge in [-0.2, -0.15) is 0 Å². The quantitative estimate of drug-likeness (QED) is 0.453. The summed E-state index contributed by atoms with van der Waals surface area (Å²) in [6, 6.07) is 20.8. The fourth-order valence-corrected chi connectivity index (χ4v) is 5.01. The standard InChI is InChI=1S/C27H32N2O4S/c1-26(2,3)27(4,5)29-34(31,32)24-13-8-7-12-23(24)19-10-9-11-20(18-19)25(30)28-21-14-16-22(33-6)17-15-21/h7-18,29H,1-6H3,(H,28,30). The summed E-state index contributed by atoms with van der Waals surface area (Å²) in [5.41, 5.74) is 1.24. The van der Waals surface area contributed by atoms with Crippen LogP contribution in [0.25, 0.3) is 11.1 Å². The third-order valence-corrected chi connectivity index (χ3v) is 7.94. The van der Waals surface area contributed by atoms with Crippen molar-refractivity contribution in [2.24, 2.45) is 5.41 Å². The number of nitrogens with one attached hydrogen (secondary N) is 2. The summed E-state index contributed by atoms with van der Waals surface area (Å²) in [4.78, 5) is 13.0. The molecule has 0 atom stereocenters. The van der Waals surface area contributed by atoms with Crippen LogP contribution in [0.5, 0.6) is 5.75 Å². The molecule has 0 saturated heterocycles. The lowest BCUT2D eigenvalue weighted by atomic mass is 9.77. The fraction of sp³-hybridized carbons (Fsp3) is 0.296. The predicted octanol–water partition coefficient (Wildman–Crippen LogP) is 5.72. The SMILES string of the molecule is COc1ccc(NC(=O)c2cccc(-c3ccccc3S(=O)(=O)NC(C)(C)C(C)(C)C)c2)cc1. The Morgan fingerprint density at radius 2 is 1.50 bits per heavy atom. The average molecular weight is 481 g/mol. The normalized spacial score (nSPS) is 12.3. The van der Waals surface area contributed by atoms with Crippen molar-refractivity contribution >= 4 is 21.6 Å². The minimum absolute atomic E-state index is 0.167. The number of carbonyl (C=O) groups is 1. The zero-order chi connectivity index (χ0) is 25.1. The molecule has 0 spiro atoms. The summed E-state index contributed by atoms with van der Waals surface area (Å²) >= 11 is 0. The number of amides is 1. The number of rotatable bonds is 7. The van der Waals surface area contributed by atoms with E-state index in [1.807, 2.05) is 34.6 Å². The number of sulfonamides is 1. The molecule has 0 fully saturated rings. The van der Waals surface area contributed by atoms with E-state index >= 15 is 0 Å². The maximum atomic E-state index is 13.4. The molecule has 3 aromatic rings. The summed E-state index contributed by atoms with van der Waals surface area (Å²) in [5, 5.41) is 2.86. The summed E-state index contributed by atoms with van der Waals surface area (Å²) < 4.78 is 34.8. The first kappa shape index (κ1) is 25.5. The van der Waals surface area contributed by atoms with Crippen molar-refractivity contribution in [2.45, 2.75) is 45.1 Å². The Balaban J connectivity index is 1.93. The molecular weight excluding hydrogens is 448 g/mol. The second kappa shape index (κ2) is 9.60. The van der Waals surface area contributed by atoms with Crippen LogP contribution in [0.1, 0.15) is 45.0 Å². The van der Waals surface area contributed by atoms with E-state index in [4.69, 9.17) is 4.74 Å². The molecule has 0 aliphatic heterocycles. The van der Waals surface area contributed by atoms with E-state index in [0.29, 0.717) is 28.1 Å². The van der Waals surface area contributed by atoms with Crippen LogP contribution in [0.15, 0.2) is 77.7 Å². The summed E-state index contributed by atoms with van der Waals surface area (Å²) in [7, 11) is -2.25. The van der Waals surface area contributed by atoms with E-state index in [0.717, 1.165) is 0 Å². The molecule has 0 radical (unpaired) electrons. The van der Waals surface area contributed by atoms with Gasteiger partial charge in [0.25, 0.3) is 5.91 Å². The van der Waals surface area contributed by atoms with Crippen LogP contribution in [-0.2, 0) is 10.0 Å². The maximum absolute atomic E-state index is 13.4. The fourth-order valence-electron chi connectivity index (χ4n) is 3.19. The lowest BCUT2D eigenvalue weighted by Crippen LogP contribution is -2.52. The van der Waals surface area contributed by atoms with E-state index in [9.17, 15) is 13.2 Å². The monoisotopic (exact) mass is 480 g/mol. The molecule has 0 aliphatic carbocycles. The van der Waals surface area contributed by atoms with E-state index in [1.165, 1.54) is 0 Å². The van der Waals surface area contributed by atoms with Crippen molar-refractivity contribution in [3.8, 4) is 16.9 Å². The number of hydrogen-bond acceptors (Lipinski definition) is 4. The molecule has 0 unspecified atom stereocenters. The van der Waals surface area contributed by atoms with Crippen molar-refractivity contribution in [1.82, 2.24) is 4.72 Å². The molecule has 3 aromatic carbocycles. The van der Waals surface area contributed by atoms with Gasteiger partial charge in [-0.1, -0.05) is 51.1 Å². The Bertz CT molecular complexity index is 1270. The van der Waals surface area contributed by atoms with Crippen LogP contribution in [0.2, 0.25) is 0 Å². The molecule has 34 heavy (non-hydrogen) atoms. The zero-order valence-electron chi connectivity index (χ0n) is 20.5. The van der Waals surface area contributed by atoms with Gasteiger partial charge in [0.1, 0.15) is 5.75 Å². The summed E-state index contributed by atoms with van der Waals surface area (Å²) in [6.45, 7) is 9.72. The van der Waals surface area contributed by atoms with E-state index in [1.54, 1.807) is 79.9 Å². The van der Waals surface area contributed by atoms with Crippen LogP contribution in [0.4, 0.5) is 5.69 Å². The van der Waals surface area contributed by atoms with Crippen molar-refractivity contribution < 1.29 is 17.9 Å². The van der Waals surface area contributed by atoms with Crippen LogP contribution >= 0.6 is 0 Å². The van der Waals surface area contributed by atoms with Gasteiger partial charge >= 0.3 is 0 Å². The number of methoxy groups -OCH3 is 1. The van der Waals surface area contributed by atoms with Crippen LogP contribution in [-0.4, -0.2) is 27.0 Å². The highest BCUT2D eigenvalue weighted by Crippen LogP contribution is 2.33. The number of anilines is 1. The van der Waals surface area contributed by atoms with Gasteiger partial charge in [0.15, 0.2) is 0 Å². The van der Waals surface area contributed by atoms with Gasteiger partial charge in [0, 0.05) is 22.4 Å². The molecule has 0 saturated carbocycles. The molecular formula is C27H32N2O4S. The first-order valence-electron chi connectivity index (χ1n) is 11.0. The molecule has 0 aliphatic rings. The highest BCUT2D eigenvalue weighted by molar-refractivity contribution is 7.89. The molecule has 0 heterocycles. The van der Waals surface area contributed by atoms with E-state index in [-0.39, 0.29) is 16.2 Å². The third-order valence-electron chi connectivity index (χ3n) is 6.22. The third kappa shape index (κ3) is 5.66. The summed E-state index contributed by atoms with van der Waals surface area (Å²) in [5.74, 6) is 0.403. The molecule has 3 rings (SSSR count). The van der Waals surface area contributed by atoms with Gasteiger partial charge in [-0.05, 0) is 67.3 Å². The number of hydrogen-bond donors (Lipinski definition) is 2. The van der Waals surface area contributed by atoms with Gasteiger partial charge in [-0.25, -0.2) is 13.1 Å².